The van der Waals surface area contributed by atoms with E-state index in [1.807, 2.05) is 31.2 Å². The zero-order chi connectivity index (χ0) is 14.3. The number of rotatable bonds is 8. The van der Waals surface area contributed by atoms with Gasteiger partial charge >= 0.3 is 0 Å². The summed E-state index contributed by atoms with van der Waals surface area (Å²) in [5, 5.41) is 12.9. The van der Waals surface area contributed by atoms with Crippen molar-refractivity contribution >= 4 is 11.6 Å². The average molecular weight is 284 g/mol. The van der Waals surface area contributed by atoms with E-state index in [1.165, 1.54) is 5.56 Å². The van der Waals surface area contributed by atoms with E-state index in [-0.39, 0.29) is 18.6 Å². The Morgan fingerprint density at radius 1 is 1.37 bits per heavy atom. The first-order valence-corrected chi connectivity index (χ1v) is 6.81. The molecule has 0 spiro atoms. The molecule has 0 saturated carbocycles. The lowest BCUT2D eigenvalue weighted by Gasteiger charge is -2.17. The van der Waals surface area contributed by atoms with Gasteiger partial charge in [-0.25, -0.2) is 0 Å². The van der Waals surface area contributed by atoms with Crippen LogP contribution in [0.25, 0.3) is 0 Å². The van der Waals surface area contributed by atoms with Gasteiger partial charge in [0.1, 0.15) is 12.4 Å². The molecule has 0 aromatic heterocycles. The van der Waals surface area contributed by atoms with Crippen LogP contribution in [0.15, 0.2) is 35.9 Å². The van der Waals surface area contributed by atoms with E-state index < -0.39 is 0 Å². The van der Waals surface area contributed by atoms with Gasteiger partial charge in [0, 0.05) is 24.2 Å². The van der Waals surface area contributed by atoms with Gasteiger partial charge in [-0.15, -0.1) is 0 Å². The minimum Gasteiger partial charge on any atom is -0.488 e. The van der Waals surface area contributed by atoms with Crippen LogP contribution in [0.2, 0.25) is 0 Å². The molecule has 1 aromatic rings. The second-order valence-electron chi connectivity index (χ2n) is 4.79. The maximum atomic E-state index is 8.98. The molecule has 0 radical (unpaired) electrons. The number of ether oxygens (including phenoxy) is 1. The van der Waals surface area contributed by atoms with E-state index in [2.05, 4.69) is 18.8 Å². The Morgan fingerprint density at radius 2 is 2.00 bits per heavy atom. The molecule has 0 aliphatic heterocycles. The lowest BCUT2D eigenvalue weighted by Crippen LogP contribution is -2.26. The monoisotopic (exact) mass is 283 g/mol. The zero-order valence-electron chi connectivity index (χ0n) is 11.5. The Bertz CT molecular complexity index is 392. The van der Waals surface area contributed by atoms with Crippen molar-refractivity contribution in [2.45, 2.75) is 19.9 Å². The minimum absolute atomic E-state index is 0.203. The van der Waals surface area contributed by atoms with Crippen LogP contribution in [0.3, 0.4) is 0 Å². The molecule has 0 aliphatic rings. The summed E-state index contributed by atoms with van der Waals surface area (Å²) < 4.78 is 5.43. The second-order valence-corrected chi connectivity index (χ2v) is 5.33. The summed E-state index contributed by atoms with van der Waals surface area (Å²) in [7, 11) is 0. The Hall–Kier alpha value is -1.03. The molecule has 106 valence electrons. The fourth-order valence-electron chi connectivity index (χ4n) is 1.57. The molecule has 0 bridgehead atoms. The highest BCUT2D eigenvalue weighted by atomic mass is 35.5. The third kappa shape index (κ3) is 6.10. The van der Waals surface area contributed by atoms with Gasteiger partial charge in [-0.2, -0.15) is 0 Å². The Morgan fingerprint density at radius 3 is 2.53 bits per heavy atom. The smallest absolute Gasteiger partial charge is 0.123 e. The van der Waals surface area contributed by atoms with Gasteiger partial charge in [0.05, 0.1) is 0 Å². The minimum atomic E-state index is 0.203. The largest absolute Gasteiger partial charge is 0.488 e. The summed E-state index contributed by atoms with van der Waals surface area (Å²) in [6.45, 7) is 9.00. The van der Waals surface area contributed by atoms with Crippen molar-refractivity contribution in [3.05, 3.63) is 41.4 Å². The second kappa shape index (κ2) is 8.20. The van der Waals surface area contributed by atoms with Gasteiger partial charge in [-0.3, -0.25) is 0 Å². The molecule has 19 heavy (non-hydrogen) atoms. The van der Waals surface area contributed by atoms with Crippen molar-refractivity contribution in [2.24, 2.45) is 5.92 Å². The number of halogens is 1. The summed E-state index contributed by atoms with van der Waals surface area (Å²) in [5.74, 6) is 1.04. The lowest BCUT2D eigenvalue weighted by atomic mass is 10.1. The highest BCUT2D eigenvalue weighted by Gasteiger charge is 2.07. The quantitative estimate of drug-likeness (QED) is 0.770. The van der Waals surface area contributed by atoms with Gasteiger partial charge in [0.25, 0.3) is 0 Å². The van der Waals surface area contributed by atoms with Crippen LogP contribution in [0.1, 0.15) is 25.5 Å². The highest BCUT2D eigenvalue weighted by molar-refractivity contribution is 6.29. The maximum absolute atomic E-state index is 8.98. The lowest BCUT2D eigenvalue weighted by molar-refractivity contribution is 0.231. The van der Waals surface area contributed by atoms with Crippen LogP contribution in [-0.4, -0.2) is 24.9 Å². The van der Waals surface area contributed by atoms with Crippen LogP contribution in [0.4, 0.5) is 0 Å². The van der Waals surface area contributed by atoms with E-state index in [9.17, 15) is 0 Å². The molecule has 0 aliphatic carbocycles. The van der Waals surface area contributed by atoms with Crippen LogP contribution < -0.4 is 10.1 Å². The predicted octanol–water partition coefficient (Wildman–Crippen LogP) is 3.10. The normalized spacial score (nSPS) is 13.9. The molecule has 0 saturated heterocycles. The molecule has 4 heteroatoms. The number of benzene rings is 1. The molecule has 1 aromatic carbocycles. The molecule has 0 heterocycles. The van der Waals surface area contributed by atoms with Crippen molar-refractivity contribution in [3.8, 4) is 5.75 Å². The van der Waals surface area contributed by atoms with Crippen LogP contribution in [0.5, 0.6) is 5.75 Å². The zero-order valence-corrected chi connectivity index (χ0v) is 12.3. The van der Waals surface area contributed by atoms with E-state index in [4.69, 9.17) is 21.4 Å². The highest BCUT2D eigenvalue weighted by Crippen LogP contribution is 2.18. The molecule has 0 fully saturated rings. The van der Waals surface area contributed by atoms with Crippen molar-refractivity contribution in [1.29, 1.82) is 0 Å². The number of hydrogen-bond donors (Lipinski definition) is 2. The Labute approximate surface area is 120 Å². The fourth-order valence-corrected chi connectivity index (χ4v) is 1.63. The number of nitrogens with one attached hydrogen (secondary N) is 1. The first kappa shape index (κ1) is 16.0. The van der Waals surface area contributed by atoms with Gasteiger partial charge in [0.2, 0.25) is 0 Å². The first-order valence-electron chi connectivity index (χ1n) is 6.43. The molecule has 0 amide bonds. The number of aliphatic hydroxyl groups excluding tert-OH is 1. The SMILES string of the molecule is C=C(Cl)COc1ccc(C(C)NCC(C)CO)cc1. The van der Waals surface area contributed by atoms with Crippen LogP contribution >= 0.6 is 11.6 Å². The number of aliphatic hydroxyl groups is 1. The van der Waals surface area contributed by atoms with E-state index >= 15 is 0 Å². The summed E-state index contributed by atoms with van der Waals surface area (Å²) in [6, 6.07) is 8.12. The summed E-state index contributed by atoms with van der Waals surface area (Å²) in [6.07, 6.45) is 0. The molecule has 2 unspecified atom stereocenters. The molecule has 3 nitrogen and oxygen atoms in total. The van der Waals surface area contributed by atoms with Crippen molar-refractivity contribution < 1.29 is 9.84 Å². The number of hydrogen-bond acceptors (Lipinski definition) is 3. The first-order chi connectivity index (χ1) is 9.02. The summed E-state index contributed by atoms with van der Waals surface area (Å²) in [5.41, 5.74) is 1.18. The maximum Gasteiger partial charge on any atom is 0.123 e. The van der Waals surface area contributed by atoms with Crippen molar-refractivity contribution in [2.75, 3.05) is 19.8 Å². The van der Waals surface area contributed by atoms with Crippen molar-refractivity contribution in [3.63, 3.8) is 0 Å². The standard InChI is InChI=1S/C15H22ClNO2/c1-11(9-18)8-17-13(3)14-4-6-15(7-5-14)19-10-12(2)16/h4-7,11,13,17-18H,2,8-10H2,1,3H3. The molecule has 2 N–H and O–H groups in total. The van der Waals surface area contributed by atoms with Crippen LogP contribution in [0, 0.1) is 5.92 Å². The van der Waals surface area contributed by atoms with E-state index in [1.54, 1.807) is 0 Å². The van der Waals surface area contributed by atoms with Gasteiger partial charge in [0.15, 0.2) is 0 Å². The molecule has 2 atom stereocenters. The average Bonchev–Trinajstić information content (AvgIpc) is 2.42. The van der Waals surface area contributed by atoms with Gasteiger partial charge in [-0.05, 0) is 30.5 Å². The molecular weight excluding hydrogens is 262 g/mol. The van der Waals surface area contributed by atoms with Crippen LogP contribution in [-0.2, 0) is 0 Å². The molecular formula is C15H22ClNO2. The Balaban J connectivity index is 2.48. The fraction of sp³-hybridized carbons (Fsp3) is 0.467. The van der Waals surface area contributed by atoms with Gasteiger partial charge in [-0.1, -0.05) is 37.2 Å². The third-order valence-electron chi connectivity index (χ3n) is 2.86. The van der Waals surface area contributed by atoms with Crippen molar-refractivity contribution in [1.82, 2.24) is 5.32 Å². The Kier molecular flexibility index (Phi) is 6.92. The van der Waals surface area contributed by atoms with E-state index in [0.717, 1.165) is 12.3 Å². The molecule has 1 rings (SSSR count). The van der Waals surface area contributed by atoms with Gasteiger partial charge < -0.3 is 15.2 Å². The summed E-state index contributed by atoms with van der Waals surface area (Å²) >= 11 is 5.64. The predicted molar refractivity (Wildman–Crippen MR) is 79.6 cm³/mol. The topological polar surface area (TPSA) is 41.5 Å². The third-order valence-corrected chi connectivity index (χ3v) is 2.97. The van der Waals surface area contributed by atoms with E-state index in [0.29, 0.717) is 11.6 Å². The summed E-state index contributed by atoms with van der Waals surface area (Å²) in [4.78, 5) is 0.